The molecule has 1 aliphatic rings. The highest BCUT2D eigenvalue weighted by atomic mass is 32.2. The van der Waals surface area contributed by atoms with Gasteiger partial charge < -0.3 is 4.74 Å². The van der Waals surface area contributed by atoms with E-state index in [1.807, 2.05) is 0 Å². The Kier molecular flexibility index (Phi) is 5.44. The normalized spacial score (nSPS) is 13.9. The van der Waals surface area contributed by atoms with E-state index in [9.17, 15) is 21.6 Å². The number of ether oxygens (including phenoxy) is 1. The number of fused-ring (bicyclic) bond motifs is 1. The first-order valence-corrected chi connectivity index (χ1v) is 8.08. The van der Waals surface area contributed by atoms with Crippen molar-refractivity contribution in [3.8, 4) is 5.75 Å². The minimum absolute atomic E-state index is 0.255. The molecule has 0 aromatic heterocycles. The molecule has 3 nitrogen and oxygen atoms in total. The smallest absolute Gasteiger partial charge is 0.229 e. The third kappa shape index (κ3) is 4.13. The van der Waals surface area contributed by atoms with Crippen LogP contribution in [0.4, 0.5) is 13.2 Å². The summed E-state index contributed by atoms with van der Waals surface area (Å²) in [4.78, 5) is 0.258. The predicted molar refractivity (Wildman–Crippen MR) is 80.5 cm³/mol. The number of hydrogen-bond donors (Lipinski definition) is 0. The van der Waals surface area contributed by atoms with Crippen LogP contribution in [0.3, 0.4) is 0 Å². The molecule has 1 heterocycles. The molecule has 0 radical (unpaired) electrons. The lowest BCUT2D eigenvalue weighted by Crippen LogP contribution is -1.99. The molecule has 3 rings (SSSR count). The topological polar surface area (TPSA) is 43.4 Å². The molecular formula is C16H13F3O3S. The van der Waals surface area contributed by atoms with E-state index in [1.54, 1.807) is 30.3 Å². The van der Waals surface area contributed by atoms with Crippen LogP contribution in [0.5, 0.6) is 5.75 Å². The molecule has 0 saturated carbocycles. The van der Waals surface area contributed by atoms with Gasteiger partial charge in [-0.2, -0.15) is 0 Å². The van der Waals surface area contributed by atoms with Crippen LogP contribution >= 0.6 is 0 Å². The molecule has 0 N–H and O–H groups in total. The summed E-state index contributed by atoms with van der Waals surface area (Å²) in [7, 11) is -3.33. The summed E-state index contributed by atoms with van der Waals surface area (Å²) in [5, 5.41) is 1.17. The highest BCUT2D eigenvalue weighted by Crippen LogP contribution is 2.34. The second-order valence-corrected chi connectivity index (χ2v) is 6.33. The summed E-state index contributed by atoms with van der Waals surface area (Å²) in [5.41, 5.74) is 1.38. The molecule has 0 amide bonds. The van der Waals surface area contributed by atoms with E-state index in [1.165, 1.54) is 23.6 Å². The zero-order valence-electron chi connectivity index (χ0n) is 11.9. The molecule has 0 bridgehead atoms. The van der Waals surface area contributed by atoms with Crippen LogP contribution in [-0.2, 0) is 16.4 Å². The Morgan fingerprint density at radius 2 is 1.65 bits per heavy atom. The molecule has 0 atom stereocenters. The minimum Gasteiger partial charge on any atom is -0.488 e. The molecule has 0 unspecified atom stereocenters. The summed E-state index contributed by atoms with van der Waals surface area (Å²) in [6.45, 7) is -1.50. The lowest BCUT2D eigenvalue weighted by Gasteiger charge is -2.09. The van der Waals surface area contributed by atoms with Gasteiger partial charge in [-0.15, -0.1) is 0 Å². The lowest BCUT2D eigenvalue weighted by atomic mass is 10.2. The van der Waals surface area contributed by atoms with Gasteiger partial charge in [-0.3, -0.25) is 0 Å². The maximum absolute atomic E-state index is 12.8. The van der Waals surface area contributed by atoms with Crippen LogP contribution in [0.15, 0.2) is 52.8 Å². The average Bonchev–Trinajstić information content (AvgIpc) is 2.84. The minimum atomic E-state index is -3.33. The largest absolute Gasteiger partial charge is 0.488 e. The number of halogens is 3. The number of alkyl halides is 2. The zero-order valence-corrected chi connectivity index (χ0v) is 12.7. The molecule has 7 heteroatoms. The van der Waals surface area contributed by atoms with Gasteiger partial charge in [0.1, 0.15) is 18.2 Å². The Morgan fingerprint density at radius 3 is 2.30 bits per heavy atom. The van der Waals surface area contributed by atoms with Gasteiger partial charge in [0, 0.05) is 11.0 Å². The number of benzene rings is 2. The number of rotatable bonds is 3. The highest BCUT2D eigenvalue weighted by Gasteiger charge is 2.23. The summed E-state index contributed by atoms with van der Waals surface area (Å²) >= 11 is 0. The van der Waals surface area contributed by atoms with Crippen molar-refractivity contribution < 1.29 is 26.3 Å². The Bertz CT molecular complexity index is 800. The summed E-state index contributed by atoms with van der Waals surface area (Å²) in [5.74, 6) is 0.201. The number of hydrogen-bond acceptors (Lipinski definition) is 3. The van der Waals surface area contributed by atoms with Gasteiger partial charge in [-0.1, -0.05) is 18.2 Å². The van der Waals surface area contributed by atoms with Gasteiger partial charge >= 0.3 is 0 Å². The molecular weight excluding hydrogens is 329 g/mol. The quantitative estimate of drug-likeness (QED) is 0.845. The molecule has 122 valence electrons. The van der Waals surface area contributed by atoms with Crippen LogP contribution in [0.1, 0.15) is 11.1 Å². The summed E-state index contributed by atoms with van der Waals surface area (Å²) in [6.07, 6.45) is 1.53. The van der Waals surface area contributed by atoms with Gasteiger partial charge in [0.2, 0.25) is 16.8 Å². The second kappa shape index (κ2) is 7.32. The van der Waals surface area contributed by atoms with E-state index in [4.69, 9.17) is 4.74 Å². The molecule has 0 saturated heterocycles. The monoisotopic (exact) mass is 342 g/mol. The van der Waals surface area contributed by atoms with Crippen molar-refractivity contribution in [3.63, 3.8) is 0 Å². The molecule has 23 heavy (non-hydrogen) atoms. The van der Waals surface area contributed by atoms with Crippen molar-refractivity contribution in [2.75, 3.05) is 6.93 Å². The van der Waals surface area contributed by atoms with Crippen LogP contribution < -0.4 is 4.74 Å². The van der Waals surface area contributed by atoms with Gasteiger partial charge in [0.25, 0.3) is 0 Å². The lowest BCUT2D eigenvalue weighted by molar-refractivity contribution is 0.295. The van der Waals surface area contributed by atoms with E-state index >= 15 is 0 Å². The first-order valence-electron chi connectivity index (χ1n) is 6.53. The first kappa shape index (κ1) is 17.1. The maximum atomic E-state index is 12.8. The molecule has 2 aromatic rings. The fraction of sp³-hybridized carbons (Fsp3) is 0.125. The average molecular weight is 342 g/mol. The fourth-order valence-electron chi connectivity index (χ4n) is 2.03. The Labute approximate surface area is 131 Å². The third-order valence-electron chi connectivity index (χ3n) is 3.05. The van der Waals surface area contributed by atoms with Crippen LogP contribution in [0, 0.1) is 5.82 Å². The fourth-order valence-corrected chi connectivity index (χ4v) is 3.24. The van der Waals surface area contributed by atoms with Gasteiger partial charge in [-0.05, 0) is 35.9 Å². The Hall–Kier alpha value is -2.28. The van der Waals surface area contributed by atoms with E-state index in [2.05, 4.69) is 0 Å². The molecule has 1 aliphatic heterocycles. The van der Waals surface area contributed by atoms with E-state index in [-0.39, 0.29) is 17.3 Å². The van der Waals surface area contributed by atoms with Gasteiger partial charge in [-0.25, -0.2) is 21.6 Å². The van der Waals surface area contributed by atoms with Crippen LogP contribution in [0.2, 0.25) is 0 Å². The number of sulfone groups is 1. The Balaban J connectivity index is 0.000000595. The van der Waals surface area contributed by atoms with E-state index in [0.29, 0.717) is 11.3 Å². The van der Waals surface area contributed by atoms with E-state index in [0.717, 1.165) is 5.56 Å². The SMILES string of the molecule is FCF.O=S1(=O)C=Cc2c(OCc3ccc(F)cc3)cccc21. The van der Waals surface area contributed by atoms with Gasteiger partial charge in [0.05, 0.1) is 4.90 Å². The first-order chi connectivity index (χ1) is 11.0. The summed E-state index contributed by atoms with van der Waals surface area (Å²) < 4.78 is 61.1. The predicted octanol–water partition coefficient (Wildman–Crippen LogP) is 4.05. The van der Waals surface area contributed by atoms with Crippen molar-refractivity contribution >= 4 is 15.9 Å². The second-order valence-electron chi connectivity index (χ2n) is 4.53. The van der Waals surface area contributed by atoms with Gasteiger partial charge in [0.15, 0.2) is 0 Å². The van der Waals surface area contributed by atoms with Crippen molar-refractivity contribution in [2.24, 2.45) is 0 Å². The summed E-state index contributed by atoms with van der Waals surface area (Å²) in [6, 6.07) is 10.9. The van der Waals surface area contributed by atoms with Crippen molar-refractivity contribution in [3.05, 3.63) is 64.8 Å². The van der Waals surface area contributed by atoms with E-state index < -0.39 is 16.8 Å². The van der Waals surface area contributed by atoms with Crippen molar-refractivity contribution in [1.29, 1.82) is 0 Å². The molecule has 0 spiro atoms. The van der Waals surface area contributed by atoms with Crippen molar-refractivity contribution in [2.45, 2.75) is 11.5 Å². The zero-order chi connectivity index (χ0) is 16.9. The Morgan fingerprint density at radius 1 is 1.00 bits per heavy atom. The maximum Gasteiger partial charge on any atom is 0.229 e. The highest BCUT2D eigenvalue weighted by molar-refractivity contribution is 7.94. The molecule has 0 fully saturated rings. The molecule has 2 aromatic carbocycles. The molecule has 0 aliphatic carbocycles. The van der Waals surface area contributed by atoms with Crippen LogP contribution in [0.25, 0.3) is 6.08 Å². The standard InChI is InChI=1S/C15H11FO3S.CH2F2/c16-12-6-4-11(5-7-12)10-19-14-2-1-3-15-13(14)8-9-20(15,17)18;2-1-3/h1-9H,10H2;1H2. The third-order valence-corrected chi connectivity index (χ3v) is 4.52. The van der Waals surface area contributed by atoms with Crippen LogP contribution in [-0.4, -0.2) is 15.3 Å². The van der Waals surface area contributed by atoms with Crippen molar-refractivity contribution in [1.82, 2.24) is 0 Å².